The molecule has 7 nitrogen and oxygen atoms in total. The number of hydrogen-bond donors (Lipinski definition) is 0. The number of aryl methyl sites for hydroxylation is 2. The molecule has 8 heteroatoms. The van der Waals surface area contributed by atoms with Gasteiger partial charge in [-0.15, -0.1) is 0 Å². The first kappa shape index (κ1) is 21.3. The van der Waals surface area contributed by atoms with Crippen molar-refractivity contribution in [3.63, 3.8) is 0 Å². The van der Waals surface area contributed by atoms with Crippen molar-refractivity contribution < 1.29 is 13.2 Å². The summed E-state index contributed by atoms with van der Waals surface area (Å²) in [5.74, 6) is 2.41. The molecule has 0 N–H and O–H groups in total. The van der Waals surface area contributed by atoms with Gasteiger partial charge in [0.05, 0.1) is 0 Å². The SMILES string of the molecule is Cc1nc(S(=O)(=O)N2CCCN(C(=O)C3CCC(C(C)C)CC3)CC2)cn1C. The summed E-state index contributed by atoms with van der Waals surface area (Å²) in [4.78, 5) is 19.1. The minimum absolute atomic E-state index is 0.0966. The Morgan fingerprint density at radius 3 is 2.36 bits per heavy atom. The summed E-state index contributed by atoms with van der Waals surface area (Å²) in [6.45, 7) is 8.19. The first-order chi connectivity index (χ1) is 13.2. The highest BCUT2D eigenvalue weighted by molar-refractivity contribution is 7.89. The summed E-state index contributed by atoms with van der Waals surface area (Å²) in [5, 5.41) is 0.0966. The number of sulfonamides is 1. The number of rotatable bonds is 4. The first-order valence-corrected chi connectivity index (χ1v) is 11.9. The lowest BCUT2D eigenvalue weighted by atomic mass is 9.76. The van der Waals surface area contributed by atoms with E-state index in [-0.39, 0.29) is 16.9 Å². The van der Waals surface area contributed by atoms with E-state index in [1.54, 1.807) is 24.7 Å². The highest BCUT2D eigenvalue weighted by Crippen LogP contribution is 2.34. The molecule has 1 saturated carbocycles. The molecule has 1 amide bonds. The van der Waals surface area contributed by atoms with Crippen LogP contribution in [0, 0.1) is 24.7 Å². The van der Waals surface area contributed by atoms with E-state index in [1.165, 1.54) is 4.31 Å². The number of amides is 1. The van der Waals surface area contributed by atoms with Gasteiger partial charge in [-0.05, 0) is 50.9 Å². The van der Waals surface area contributed by atoms with Crippen molar-refractivity contribution in [2.75, 3.05) is 26.2 Å². The largest absolute Gasteiger partial charge is 0.341 e. The van der Waals surface area contributed by atoms with Crippen LogP contribution in [0.25, 0.3) is 0 Å². The second-order valence-electron chi connectivity index (χ2n) is 8.68. The smallest absolute Gasteiger partial charge is 0.262 e. The third-order valence-corrected chi connectivity index (χ3v) is 8.29. The van der Waals surface area contributed by atoms with E-state index in [9.17, 15) is 13.2 Å². The Hall–Kier alpha value is -1.41. The van der Waals surface area contributed by atoms with Crippen LogP contribution in [-0.2, 0) is 21.9 Å². The zero-order valence-electron chi connectivity index (χ0n) is 17.6. The maximum absolute atomic E-state index is 13.0. The molecule has 2 fully saturated rings. The van der Waals surface area contributed by atoms with Gasteiger partial charge in [0.2, 0.25) is 5.91 Å². The van der Waals surface area contributed by atoms with E-state index < -0.39 is 10.0 Å². The summed E-state index contributed by atoms with van der Waals surface area (Å²) < 4.78 is 29.1. The number of hydrogen-bond acceptors (Lipinski definition) is 4. The summed E-state index contributed by atoms with van der Waals surface area (Å²) in [6.07, 6.45) is 6.41. The number of carbonyl (C=O) groups is 1. The molecule has 3 rings (SSSR count). The monoisotopic (exact) mass is 410 g/mol. The molecule has 0 radical (unpaired) electrons. The van der Waals surface area contributed by atoms with Crippen LogP contribution in [0.4, 0.5) is 0 Å². The normalized spacial score (nSPS) is 25.1. The molecule has 2 heterocycles. The van der Waals surface area contributed by atoms with Crippen LogP contribution in [-0.4, -0.2) is 59.3 Å². The topological polar surface area (TPSA) is 75.5 Å². The molecule has 0 spiro atoms. The van der Waals surface area contributed by atoms with Crippen molar-refractivity contribution in [2.24, 2.45) is 24.8 Å². The quantitative estimate of drug-likeness (QED) is 0.764. The second kappa shape index (κ2) is 8.53. The Bertz CT molecular complexity index is 775. The van der Waals surface area contributed by atoms with Gasteiger partial charge in [-0.1, -0.05) is 13.8 Å². The average Bonchev–Trinajstić information content (AvgIpc) is 2.87. The minimum atomic E-state index is -3.61. The van der Waals surface area contributed by atoms with E-state index in [1.807, 2.05) is 4.90 Å². The molecule has 1 aliphatic carbocycles. The first-order valence-electron chi connectivity index (χ1n) is 10.5. The fourth-order valence-corrected chi connectivity index (χ4v) is 5.92. The Kier molecular flexibility index (Phi) is 6.49. The highest BCUT2D eigenvalue weighted by Gasteiger charge is 2.34. The predicted molar refractivity (Wildman–Crippen MR) is 108 cm³/mol. The summed E-state index contributed by atoms with van der Waals surface area (Å²) in [5.41, 5.74) is 0. The molecule has 158 valence electrons. The molecule has 2 aliphatic rings. The fraction of sp³-hybridized carbons (Fsp3) is 0.800. The Morgan fingerprint density at radius 2 is 1.79 bits per heavy atom. The molecule has 0 aromatic carbocycles. The van der Waals surface area contributed by atoms with Gasteiger partial charge in [-0.3, -0.25) is 4.79 Å². The van der Waals surface area contributed by atoms with Crippen LogP contribution in [0.5, 0.6) is 0 Å². The van der Waals surface area contributed by atoms with Crippen LogP contribution in [0.15, 0.2) is 11.2 Å². The van der Waals surface area contributed by atoms with Gasteiger partial charge < -0.3 is 9.47 Å². The Labute approximate surface area is 169 Å². The van der Waals surface area contributed by atoms with E-state index in [2.05, 4.69) is 18.8 Å². The second-order valence-corrected chi connectivity index (χ2v) is 10.6. The van der Waals surface area contributed by atoms with Gasteiger partial charge in [0.15, 0.2) is 5.03 Å². The third kappa shape index (κ3) is 4.43. The average molecular weight is 411 g/mol. The van der Waals surface area contributed by atoms with E-state index in [0.29, 0.717) is 44.3 Å². The molecule has 0 unspecified atom stereocenters. The third-order valence-electron chi connectivity index (χ3n) is 6.52. The van der Waals surface area contributed by atoms with Crippen LogP contribution < -0.4 is 0 Å². The van der Waals surface area contributed by atoms with Crippen LogP contribution >= 0.6 is 0 Å². The molecular weight excluding hydrogens is 376 g/mol. The zero-order chi connectivity index (χ0) is 20.5. The predicted octanol–water partition coefficient (Wildman–Crippen LogP) is 2.41. The minimum Gasteiger partial charge on any atom is -0.341 e. The summed E-state index contributed by atoms with van der Waals surface area (Å²) in [7, 11) is -1.82. The molecule has 0 bridgehead atoms. The van der Waals surface area contributed by atoms with Crippen LogP contribution in [0.3, 0.4) is 0 Å². The van der Waals surface area contributed by atoms with Gasteiger partial charge in [0.25, 0.3) is 10.0 Å². The maximum atomic E-state index is 13.0. The maximum Gasteiger partial charge on any atom is 0.262 e. The zero-order valence-corrected chi connectivity index (χ0v) is 18.4. The van der Waals surface area contributed by atoms with Crippen LogP contribution in [0.1, 0.15) is 51.8 Å². The molecule has 1 aromatic heterocycles. The van der Waals surface area contributed by atoms with Crippen molar-refractivity contribution in [1.82, 2.24) is 18.8 Å². The van der Waals surface area contributed by atoms with Crippen molar-refractivity contribution in [3.8, 4) is 0 Å². The van der Waals surface area contributed by atoms with Gasteiger partial charge in [0, 0.05) is 45.3 Å². The van der Waals surface area contributed by atoms with Crippen molar-refractivity contribution in [1.29, 1.82) is 0 Å². The van der Waals surface area contributed by atoms with E-state index in [4.69, 9.17) is 0 Å². The number of carbonyl (C=O) groups excluding carboxylic acids is 1. The van der Waals surface area contributed by atoms with Crippen LogP contribution in [0.2, 0.25) is 0 Å². The number of imidazole rings is 1. The molecule has 1 saturated heterocycles. The van der Waals surface area contributed by atoms with Gasteiger partial charge in [-0.2, -0.15) is 4.31 Å². The molecular formula is C20H34N4O3S. The van der Waals surface area contributed by atoms with Gasteiger partial charge in [-0.25, -0.2) is 13.4 Å². The molecule has 28 heavy (non-hydrogen) atoms. The van der Waals surface area contributed by atoms with Crippen molar-refractivity contribution in [2.45, 2.75) is 57.9 Å². The Balaban J connectivity index is 1.61. The van der Waals surface area contributed by atoms with Crippen molar-refractivity contribution in [3.05, 3.63) is 12.0 Å². The molecule has 1 aromatic rings. The number of nitrogens with zero attached hydrogens (tertiary/aromatic N) is 4. The lowest BCUT2D eigenvalue weighted by Gasteiger charge is -2.33. The molecule has 0 atom stereocenters. The van der Waals surface area contributed by atoms with Gasteiger partial charge >= 0.3 is 0 Å². The van der Waals surface area contributed by atoms with E-state index in [0.717, 1.165) is 31.6 Å². The Morgan fingerprint density at radius 1 is 1.11 bits per heavy atom. The highest BCUT2D eigenvalue weighted by atomic mass is 32.2. The summed E-state index contributed by atoms with van der Waals surface area (Å²) >= 11 is 0. The summed E-state index contributed by atoms with van der Waals surface area (Å²) in [6, 6.07) is 0. The van der Waals surface area contributed by atoms with Gasteiger partial charge in [0.1, 0.15) is 5.82 Å². The lowest BCUT2D eigenvalue weighted by Crippen LogP contribution is -2.41. The lowest BCUT2D eigenvalue weighted by molar-refractivity contribution is -0.136. The number of aromatic nitrogens is 2. The van der Waals surface area contributed by atoms with Crippen molar-refractivity contribution >= 4 is 15.9 Å². The molecule has 1 aliphatic heterocycles. The van der Waals surface area contributed by atoms with E-state index >= 15 is 0 Å². The fourth-order valence-electron chi connectivity index (χ4n) is 4.43. The standard InChI is InChI=1S/C20H34N4O3S/c1-15(2)17-6-8-18(9-7-17)20(25)23-10-5-11-24(13-12-23)28(26,27)19-14-22(4)16(3)21-19/h14-15,17-18H,5-13H2,1-4H3.